The molecule has 2 aromatic heterocycles. The highest BCUT2D eigenvalue weighted by molar-refractivity contribution is 5.76. The van der Waals surface area contributed by atoms with Crippen LogP contribution in [0.4, 0.5) is 0 Å². The maximum absolute atomic E-state index is 12.0. The van der Waals surface area contributed by atoms with Gasteiger partial charge in [-0.1, -0.05) is 6.07 Å². The van der Waals surface area contributed by atoms with Crippen LogP contribution < -0.4 is 11.0 Å². The van der Waals surface area contributed by atoms with Crippen molar-refractivity contribution in [3.63, 3.8) is 0 Å². The van der Waals surface area contributed by atoms with Crippen LogP contribution in [-0.2, 0) is 11.2 Å². The Morgan fingerprint density at radius 1 is 1.31 bits per heavy atom. The van der Waals surface area contributed by atoms with Crippen molar-refractivity contribution in [1.29, 1.82) is 0 Å². The summed E-state index contributed by atoms with van der Waals surface area (Å²) in [5.74, 6) is -0.925. The lowest BCUT2D eigenvalue weighted by atomic mass is 10.1. The summed E-state index contributed by atoms with van der Waals surface area (Å²) in [5.41, 5.74) is 1.01. The summed E-state index contributed by atoms with van der Waals surface area (Å²) in [6, 6.07) is 3.94. The lowest BCUT2D eigenvalue weighted by molar-refractivity contribution is -0.121. The van der Waals surface area contributed by atoms with Crippen molar-refractivity contribution < 1.29 is 20.1 Å². The Hall–Kier alpha value is -3.40. The lowest BCUT2D eigenvalue weighted by Gasteiger charge is -2.13. The number of phenols is 2. The number of carbonyl (C=O) groups excluding carboxylic acids is 1. The molecule has 0 saturated heterocycles. The zero-order chi connectivity index (χ0) is 18.7. The fourth-order valence-electron chi connectivity index (χ4n) is 2.46. The Labute approximate surface area is 146 Å². The van der Waals surface area contributed by atoms with Gasteiger partial charge in [0.25, 0.3) is 0 Å². The first-order valence-corrected chi connectivity index (χ1v) is 7.82. The molecule has 2 heterocycles. The normalized spacial score (nSPS) is 12.2. The minimum Gasteiger partial charge on any atom is -0.504 e. The Balaban J connectivity index is 1.54. The Bertz CT molecular complexity index is 996. The van der Waals surface area contributed by atoms with Gasteiger partial charge in [-0.05, 0) is 24.1 Å². The van der Waals surface area contributed by atoms with Crippen LogP contribution in [0.25, 0.3) is 5.65 Å². The molecule has 1 amide bonds. The van der Waals surface area contributed by atoms with Gasteiger partial charge in [0.1, 0.15) is 0 Å². The molecule has 3 rings (SSSR count). The average Bonchev–Trinajstić information content (AvgIpc) is 3.04. The quantitative estimate of drug-likeness (QED) is 0.376. The van der Waals surface area contributed by atoms with Crippen LogP contribution in [0.15, 0.2) is 35.5 Å². The molecular weight excluding hydrogens is 342 g/mol. The highest BCUT2D eigenvalue weighted by Gasteiger charge is 2.13. The van der Waals surface area contributed by atoms with E-state index in [1.807, 2.05) is 0 Å². The molecule has 3 aromatic rings. The van der Waals surface area contributed by atoms with Gasteiger partial charge in [0.05, 0.1) is 18.6 Å². The van der Waals surface area contributed by atoms with E-state index < -0.39 is 11.8 Å². The molecule has 0 aliphatic carbocycles. The van der Waals surface area contributed by atoms with Crippen LogP contribution in [0.1, 0.15) is 23.7 Å². The number of rotatable bonds is 6. The number of amides is 1. The van der Waals surface area contributed by atoms with E-state index in [9.17, 15) is 24.9 Å². The largest absolute Gasteiger partial charge is 0.504 e. The van der Waals surface area contributed by atoms with Crippen molar-refractivity contribution >= 4 is 11.6 Å². The predicted molar refractivity (Wildman–Crippen MR) is 89.7 cm³/mol. The number of benzene rings is 1. The zero-order valence-electron chi connectivity index (χ0n) is 13.6. The molecule has 0 saturated carbocycles. The van der Waals surface area contributed by atoms with Crippen molar-refractivity contribution in [3.8, 4) is 11.5 Å². The predicted octanol–water partition coefficient (Wildman–Crippen LogP) is -0.389. The van der Waals surface area contributed by atoms with Crippen LogP contribution in [-0.4, -0.2) is 47.4 Å². The molecule has 0 radical (unpaired) electrons. The SMILES string of the molecule is O=C(CCc1cnn2c(=O)[nH]cnc12)NCC(O)c1ccc(O)c(O)c1. The Kier molecular flexibility index (Phi) is 4.85. The second kappa shape index (κ2) is 7.23. The van der Waals surface area contributed by atoms with Crippen molar-refractivity contribution in [3.05, 3.63) is 52.3 Å². The zero-order valence-corrected chi connectivity index (χ0v) is 13.6. The van der Waals surface area contributed by atoms with E-state index in [1.54, 1.807) is 0 Å². The highest BCUT2D eigenvalue weighted by atomic mass is 16.3. The van der Waals surface area contributed by atoms with Crippen LogP contribution in [0.2, 0.25) is 0 Å². The number of aryl methyl sites for hydroxylation is 1. The van der Waals surface area contributed by atoms with Gasteiger partial charge >= 0.3 is 5.69 Å². The maximum atomic E-state index is 12.0. The summed E-state index contributed by atoms with van der Waals surface area (Å²) in [4.78, 5) is 30.0. The minimum atomic E-state index is -1.03. The number of H-pyrrole nitrogens is 1. The molecule has 0 aliphatic heterocycles. The molecule has 10 nitrogen and oxygen atoms in total. The van der Waals surface area contributed by atoms with Crippen molar-refractivity contribution in [2.75, 3.05) is 6.54 Å². The molecule has 10 heteroatoms. The van der Waals surface area contributed by atoms with E-state index in [2.05, 4.69) is 20.4 Å². The number of hydrogen-bond donors (Lipinski definition) is 5. The molecule has 1 aromatic carbocycles. The highest BCUT2D eigenvalue weighted by Crippen LogP contribution is 2.27. The summed E-state index contributed by atoms with van der Waals surface area (Å²) >= 11 is 0. The number of nitrogens with zero attached hydrogens (tertiary/aromatic N) is 3. The van der Waals surface area contributed by atoms with Crippen LogP contribution >= 0.6 is 0 Å². The summed E-state index contributed by atoms with van der Waals surface area (Å²) in [7, 11) is 0. The summed E-state index contributed by atoms with van der Waals surface area (Å²) in [6.45, 7) is -0.0459. The fourth-order valence-corrected chi connectivity index (χ4v) is 2.46. The van der Waals surface area contributed by atoms with Crippen LogP contribution in [0.5, 0.6) is 11.5 Å². The van der Waals surface area contributed by atoms with E-state index in [-0.39, 0.29) is 30.4 Å². The summed E-state index contributed by atoms with van der Waals surface area (Å²) in [5, 5.41) is 35.2. The molecule has 1 unspecified atom stereocenters. The lowest BCUT2D eigenvalue weighted by Crippen LogP contribution is -2.28. The molecule has 136 valence electrons. The van der Waals surface area contributed by atoms with Crippen molar-refractivity contribution in [1.82, 2.24) is 24.9 Å². The number of aliphatic hydroxyl groups is 1. The van der Waals surface area contributed by atoms with Crippen molar-refractivity contribution in [2.24, 2.45) is 0 Å². The smallest absolute Gasteiger partial charge is 0.349 e. The molecule has 0 spiro atoms. The van der Waals surface area contributed by atoms with Gasteiger partial charge in [-0.2, -0.15) is 9.61 Å². The monoisotopic (exact) mass is 359 g/mol. The first-order valence-electron chi connectivity index (χ1n) is 7.82. The number of aromatic nitrogens is 4. The number of aliphatic hydroxyl groups excluding tert-OH is 1. The van der Waals surface area contributed by atoms with Gasteiger partial charge in [-0.3, -0.25) is 9.78 Å². The number of phenolic OH excluding ortho intramolecular Hbond substituents is 2. The number of carbonyl (C=O) groups is 1. The average molecular weight is 359 g/mol. The third kappa shape index (κ3) is 3.64. The maximum Gasteiger partial charge on any atom is 0.349 e. The first-order chi connectivity index (χ1) is 12.5. The van der Waals surface area contributed by atoms with Gasteiger partial charge in [-0.15, -0.1) is 0 Å². The Morgan fingerprint density at radius 2 is 2.12 bits per heavy atom. The van der Waals surface area contributed by atoms with Gasteiger partial charge in [-0.25, -0.2) is 9.78 Å². The van der Waals surface area contributed by atoms with E-state index >= 15 is 0 Å². The number of aromatic amines is 1. The van der Waals surface area contributed by atoms with Gasteiger partial charge in [0.15, 0.2) is 17.1 Å². The van der Waals surface area contributed by atoms with E-state index in [1.165, 1.54) is 30.7 Å². The molecule has 5 N–H and O–H groups in total. The number of hydrogen-bond acceptors (Lipinski definition) is 7. The number of nitrogens with one attached hydrogen (secondary N) is 2. The number of fused-ring (bicyclic) bond motifs is 1. The molecule has 0 aliphatic rings. The Morgan fingerprint density at radius 3 is 2.88 bits per heavy atom. The second-order valence-electron chi connectivity index (χ2n) is 5.68. The molecule has 0 bridgehead atoms. The van der Waals surface area contributed by atoms with Crippen LogP contribution in [0.3, 0.4) is 0 Å². The van der Waals surface area contributed by atoms with Crippen molar-refractivity contribution in [2.45, 2.75) is 18.9 Å². The van der Waals surface area contributed by atoms with E-state index in [0.717, 1.165) is 4.52 Å². The third-order valence-electron chi connectivity index (χ3n) is 3.88. The van der Waals surface area contributed by atoms with Crippen LogP contribution in [0, 0.1) is 0 Å². The molecule has 26 heavy (non-hydrogen) atoms. The standard InChI is InChI=1S/C16H17N5O5/c22-11-3-1-9(5-12(11)23)13(24)7-17-14(25)4-2-10-6-20-21-15(10)18-8-19-16(21)26/h1,3,5-6,8,13,22-24H,2,4,7H2,(H,17,25)(H,18,19,26). The first kappa shape index (κ1) is 17.4. The third-order valence-corrected chi connectivity index (χ3v) is 3.88. The molecular formula is C16H17N5O5. The van der Waals surface area contributed by atoms with Gasteiger partial charge in [0, 0.05) is 18.5 Å². The van der Waals surface area contributed by atoms with Gasteiger partial charge < -0.3 is 20.6 Å². The molecule has 1 atom stereocenters. The summed E-state index contributed by atoms with van der Waals surface area (Å²) in [6.07, 6.45) is 2.19. The van der Waals surface area contributed by atoms with E-state index in [4.69, 9.17) is 0 Å². The fraction of sp³-hybridized carbons (Fsp3) is 0.250. The molecule has 0 fully saturated rings. The number of aromatic hydroxyl groups is 2. The minimum absolute atomic E-state index is 0.0459. The van der Waals surface area contributed by atoms with E-state index in [0.29, 0.717) is 23.2 Å². The van der Waals surface area contributed by atoms with Gasteiger partial charge in [0.2, 0.25) is 5.91 Å². The second-order valence-corrected chi connectivity index (χ2v) is 5.68. The topological polar surface area (TPSA) is 153 Å². The summed E-state index contributed by atoms with van der Waals surface area (Å²) < 4.78 is 1.12.